The van der Waals surface area contributed by atoms with Crippen LogP contribution in [0.3, 0.4) is 0 Å². The Balaban J connectivity index is 1.79. The van der Waals surface area contributed by atoms with E-state index in [0.29, 0.717) is 29.9 Å². The van der Waals surface area contributed by atoms with E-state index in [4.69, 9.17) is 9.47 Å². The summed E-state index contributed by atoms with van der Waals surface area (Å²) < 4.78 is 54.0. The maximum atomic E-state index is 13.4. The first-order valence-corrected chi connectivity index (χ1v) is 11.7. The number of carbonyl (C=O) groups is 1. The molecule has 174 valence electrons. The summed E-state index contributed by atoms with van der Waals surface area (Å²) in [6.07, 6.45) is -4.48. The molecule has 4 rings (SSSR count). The number of esters is 1. The molecule has 1 saturated heterocycles. The van der Waals surface area contributed by atoms with E-state index in [0.717, 1.165) is 17.6 Å². The number of hydrogen-bond acceptors (Lipinski definition) is 5. The molecule has 0 radical (unpaired) electrons. The predicted octanol–water partition coefficient (Wildman–Crippen LogP) is 2.76. The molecule has 3 heterocycles. The quantitative estimate of drug-likeness (QED) is 0.440. The predicted molar refractivity (Wildman–Crippen MR) is 114 cm³/mol. The summed E-state index contributed by atoms with van der Waals surface area (Å²) in [5.74, 6) is 1.20. The molecular weight excluding hydrogens is 449 g/mol. The first-order chi connectivity index (χ1) is 15.2. The fourth-order valence-corrected chi connectivity index (χ4v) is 5.74. The van der Waals surface area contributed by atoms with Crippen molar-refractivity contribution in [2.75, 3.05) is 24.7 Å². The summed E-state index contributed by atoms with van der Waals surface area (Å²) >= 11 is -0.666. The van der Waals surface area contributed by atoms with E-state index in [1.807, 2.05) is 4.09 Å². The summed E-state index contributed by atoms with van der Waals surface area (Å²) in [5.41, 5.74) is 0.174. The van der Waals surface area contributed by atoms with E-state index in [-0.39, 0.29) is 24.5 Å². The normalized spacial score (nSPS) is 16.0. The average Bonchev–Trinajstić information content (AvgIpc) is 2.70. The van der Waals surface area contributed by atoms with E-state index in [1.165, 1.54) is 19.9 Å². The second-order valence-electron chi connectivity index (χ2n) is 7.47. The van der Waals surface area contributed by atoms with E-state index in [9.17, 15) is 22.8 Å². The van der Waals surface area contributed by atoms with Gasteiger partial charge in [0.15, 0.2) is 17.0 Å². The van der Waals surface area contributed by atoms with Crippen molar-refractivity contribution in [2.45, 2.75) is 33.2 Å². The maximum absolute atomic E-state index is 13.4. The van der Waals surface area contributed by atoms with Gasteiger partial charge in [-0.05, 0) is 24.1 Å². The first kappa shape index (κ1) is 22.5. The van der Waals surface area contributed by atoms with Crippen LogP contribution >= 0.6 is 11.1 Å². The van der Waals surface area contributed by atoms with E-state index >= 15 is 0 Å². The van der Waals surface area contributed by atoms with Gasteiger partial charge in [-0.3, -0.25) is 14.7 Å². The van der Waals surface area contributed by atoms with Crippen LogP contribution in [-0.4, -0.2) is 49.4 Å². The third kappa shape index (κ3) is 4.29. The Hall–Kier alpha value is -2.73. The van der Waals surface area contributed by atoms with Crippen molar-refractivity contribution in [3.05, 3.63) is 51.1 Å². The highest BCUT2D eigenvalue weighted by atomic mass is 32.2. The van der Waals surface area contributed by atoms with Crippen molar-refractivity contribution in [1.29, 1.82) is 0 Å². The van der Waals surface area contributed by atoms with Crippen LogP contribution in [0.2, 0.25) is 0 Å². The number of rotatable bonds is 5. The highest BCUT2D eigenvalue weighted by Gasteiger charge is 2.33. The van der Waals surface area contributed by atoms with E-state index < -0.39 is 34.3 Å². The molecule has 1 N–H and O–H groups in total. The van der Waals surface area contributed by atoms with Crippen molar-refractivity contribution >= 4 is 28.2 Å². The molecule has 3 aromatic rings. The average molecular weight is 472 g/mol. The van der Waals surface area contributed by atoms with Crippen LogP contribution in [0.25, 0.3) is 11.2 Å². The summed E-state index contributed by atoms with van der Waals surface area (Å²) in [5, 5.41) is 3.18. The Morgan fingerprint density at radius 3 is 2.69 bits per heavy atom. The van der Waals surface area contributed by atoms with Crippen LogP contribution in [-0.2, 0) is 33.6 Å². The van der Waals surface area contributed by atoms with Crippen LogP contribution in [0.4, 0.5) is 13.2 Å². The van der Waals surface area contributed by atoms with Gasteiger partial charge in [0.25, 0.3) is 0 Å². The second kappa shape index (κ2) is 8.66. The largest absolute Gasteiger partial charge is 0.458 e. The van der Waals surface area contributed by atoms with E-state index in [1.54, 1.807) is 10.6 Å². The molecule has 12 heteroatoms. The van der Waals surface area contributed by atoms with Crippen LogP contribution in [0.1, 0.15) is 29.4 Å². The SMILES string of the molecule is CC(=O)OCc1nc(=O)c2c([nH]n2[SH]2CCOCC2)n1Cc1cccc(C(F)(F)F)c1C. The minimum Gasteiger partial charge on any atom is -0.458 e. The zero-order chi connectivity index (χ0) is 23.0. The Morgan fingerprint density at radius 2 is 2.03 bits per heavy atom. The van der Waals surface area contributed by atoms with Crippen LogP contribution in [0.5, 0.6) is 0 Å². The molecule has 0 unspecified atom stereocenters. The number of H-pyrrole nitrogens is 1. The zero-order valence-corrected chi connectivity index (χ0v) is 18.4. The topological polar surface area (TPSA) is 91.1 Å². The number of aromatic nitrogens is 4. The fourth-order valence-electron chi connectivity index (χ4n) is 3.74. The fraction of sp³-hybridized carbons (Fsp3) is 0.450. The number of nitrogens with zero attached hydrogens (tertiary/aromatic N) is 3. The van der Waals surface area contributed by atoms with Crippen molar-refractivity contribution < 1.29 is 27.4 Å². The number of halogens is 3. The third-order valence-electron chi connectivity index (χ3n) is 5.42. The Morgan fingerprint density at radius 1 is 1.31 bits per heavy atom. The minimum atomic E-state index is -4.48. The molecule has 8 nitrogen and oxygen atoms in total. The van der Waals surface area contributed by atoms with Gasteiger partial charge in [0.1, 0.15) is 6.61 Å². The van der Waals surface area contributed by atoms with Crippen LogP contribution < -0.4 is 5.56 Å². The number of fused-ring (bicyclic) bond motifs is 1. The molecule has 0 saturated carbocycles. The molecule has 1 fully saturated rings. The molecule has 0 atom stereocenters. The number of nitrogens with one attached hydrogen (secondary N) is 1. The molecule has 0 aliphatic carbocycles. The summed E-state index contributed by atoms with van der Waals surface area (Å²) in [6.45, 7) is 3.62. The number of ether oxygens (including phenoxy) is 2. The number of carbonyl (C=O) groups excluding carboxylic acids is 1. The second-order valence-corrected chi connectivity index (χ2v) is 9.78. The molecule has 1 aromatic carbocycles. The van der Waals surface area contributed by atoms with Gasteiger partial charge in [0, 0.05) is 18.4 Å². The number of aromatic amines is 1. The molecular formula is C20H23F3N4O4S. The number of hydrogen-bond donors (Lipinski definition) is 2. The maximum Gasteiger partial charge on any atom is 0.416 e. The van der Waals surface area contributed by atoms with Gasteiger partial charge >= 0.3 is 17.7 Å². The number of alkyl halides is 3. The number of thiol groups is 1. The minimum absolute atomic E-state index is 0.0316. The Kier molecular flexibility index (Phi) is 6.08. The lowest BCUT2D eigenvalue weighted by Gasteiger charge is -2.32. The van der Waals surface area contributed by atoms with Gasteiger partial charge in [-0.15, -0.1) is 0 Å². The molecule has 0 spiro atoms. The molecule has 32 heavy (non-hydrogen) atoms. The van der Waals surface area contributed by atoms with Crippen molar-refractivity contribution in [3.8, 4) is 0 Å². The highest BCUT2D eigenvalue weighted by molar-refractivity contribution is 8.15. The zero-order valence-electron chi connectivity index (χ0n) is 17.5. The van der Waals surface area contributed by atoms with Gasteiger partial charge in [0.2, 0.25) is 0 Å². The molecule has 2 aromatic heterocycles. The monoisotopic (exact) mass is 472 g/mol. The lowest BCUT2D eigenvalue weighted by atomic mass is 10.0. The highest BCUT2D eigenvalue weighted by Crippen LogP contribution is 2.35. The van der Waals surface area contributed by atoms with Gasteiger partial charge in [-0.25, -0.2) is 4.09 Å². The van der Waals surface area contributed by atoms with Gasteiger partial charge in [-0.2, -0.15) is 29.2 Å². The van der Waals surface area contributed by atoms with Crippen LogP contribution in [0.15, 0.2) is 23.0 Å². The lowest BCUT2D eigenvalue weighted by molar-refractivity contribution is -0.142. The first-order valence-electron chi connectivity index (χ1n) is 9.99. The molecule has 0 bridgehead atoms. The summed E-state index contributed by atoms with van der Waals surface area (Å²) in [7, 11) is 0. The van der Waals surface area contributed by atoms with Crippen molar-refractivity contribution in [3.63, 3.8) is 0 Å². The summed E-state index contributed by atoms with van der Waals surface area (Å²) in [6, 6.07) is 3.99. The van der Waals surface area contributed by atoms with Gasteiger partial charge < -0.3 is 14.0 Å². The molecule has 1 aliphatic heterocycles. The Labute approximate surface area is 183 Å². The lowest BCUT2D eigenvalue weighted by Crippen LogP contribution is -2.31. The molecule has 0 amide bonds. The van der Waals surface area contributed by atoms with Gasteiger partial charge in [0.05, 0.1) is 25.3 Å². The van der Waals surface area contributed by atoms with Gasteiger partial charge in [-0.1, -0.05) is 12.1 Å². The number of benzene rings is 1. The van der Waals surface area contributed by atoms with E-state index in [2.05, 4.69) is 10.1 Å². The van der Waals surface area contributed by atoms with Crippen molar-refractivity contribution in [1.82, 2.24) is 18.7 Å². The van der Waals surface area contributed by atoms with Crippen molar-refractivity contribution in [2.24, 2.45) is 0 Å². The third-order valence-corrected chi connectivity index (χ3v) is 7.68. The van der Waals surface area contributed by atoms with Crippen LogP contribution in [0, 0.1) is 6.92 Å². The summed E-state index contributed by atoms with van der Waals surface area (Å²) in [4.78, 5) is 28.2. The molecule has 1 aliphatic rings. The Bertz CT molecular complexity index is 1210. The smallest absolute Gasteiger partial charge is 0.416 e. The standard InChI is InChI=1S/C20H23F3N4O4S/c1-12-14(4-3-5-15(12)20(21,22)23)10-26-16(11-31-13(2)28)24-19(29)17-18(26)25-27(17)32-8-6-30-7-9-32/h3-5,25,32H,6-11H2,1-2H3.